The number of hydrogen-bond donors (Lipinski definition) is 2. The molecular formula is C18H19F3N2O2. The Morgan fingerprint density at radius 3 is 2.28 bits per heavy atom. The Kier molecular flexibility index (Phi) is 6.27. The van der Waals surface area contributed by atoms with Gasteiger partial charge in [-0.2, -0.15) is 13.2 Å². The van der Waals surface area contributed by atoms with E-state index in [-0.39, 0.29) is 18.0 Å². The van der Waals surface area contributed by atoms with Gasteiger partial charge in [0, 0.05) is 0 Å². The summed E-state index contributed by atoms with van der Waals surface area (Å²) in [6, 6.07) is 13.5. The van der Waals surface area contributed by atoms with Crippen molar-refractivity contribution in [2.75, 3.05) is 23.8 Å². The number of nitrogens with one attached hydrogen (secondary N) is 2. The number of halogens is 3. The van der Waals surface area contributed by atoms with E-state index >= 15 is 0 Å². The molecule has 0 aliphatic carbocycles. The quantitative estimate of drug-likeness (QED) is 0.784. The molecule has 0 aliphatic heterocycles. The Balaban J connectivity index is 1.91. The van der Waals surface area contributed by atoms with Gasteiger partial charge in [-0.3, -0.25) is 4.79 Å². The molecule has 0 unspecified atom stereocenters. The Labute approximate surface area is 144 Å². The summed E-state index contributed by atoms with van der Waals surface area (Å²) in [5, 5.41) is 4.81. The lowest BCUT2D eigenvalue weighted by Gasteiger charge is -2.14. The summed E-state index contributed by atoms with van der Waals surface area (Å²) in [5.41, 5.74) is 1.61. The van der Waals surface area contributed by atoms with E-state index in [1.54, 1.807) is 24.3 Å². The zero-order valence-corrected chi connectivity index (χ0v) is 13.7. The van der Waals surface area contributed by atoms with Crippen LogP contribution in [-0.2, 0) is 11.2 Å². The average Bonchev–Trinajstić information content (AvgIpc) is 2.59. The summed E-state index contributed by atoms with van der Waals surface area (Å²) >= 11 is 0. The standard InChI is InChI=1S/C18H19F3N2O2/c1-2-13-7-9-14(10-8-13)25-11-17(24)23-16-6-4-3-5-15(16)22-12-18(19,20)21/h3-10,22H,2,11-12H2,1H3,(H,23,24). The molecule has 7 heteroatoms. The average molecular weight is 352 g/mol. The molecule has 25 heavy (non-hydrogen) atoms. The molecule has 0 spiro atoms. The lowest BCUT2D eigenvalue weighted by molar-refractivity contribution is -0.118. The van der Waals surface area contributed by atoms with Crippen LogP contribution in [0.25, 0.3) is 0 Å². The molecule has 0 bridgehead atoms. The van der Waals surface area contributed by atoms with E-state index < -0.39 is 18.6 Å². The third kappa shape index (κ3) is 6.37. The summed E-state index contributed by atoms with van der Waals surface area (Å²) in [4.78, 5) is 12.0. The predicted molar refractivity (Wildman–Crippen MR) is 90.9 cm³/mol. The van der Waals surface area contributed by atoms with Crippen molar-refractivity contribution in [1.82, 2.24) is 0 Å². The van der Waals surface area contributed by atoms with Gasteiger partial charge in [0.05, 0.1) is 11.4 Å². The van der Waals surface area contributed by atoms with Gasteiger partial charge in [-0.25, -0.2) is 0 Å². The first-order chi connectivity index (χ1) is 11.9. The number of amides is 1. The Bertz CT molecular complexity index is 700. The van der Waals surface area contributed by atoms with E-state index in [9.17, 15) is 18.0 Å². The molecule has 0 aromatic heterocycles. The SMILES string of the molecule is CCc1ccc(OCC(=O)Nc2ccccc2NCC(F)(F)F)cc1. The maximum Gasteiger partial charge on any atom is 0.405 e. The van der Waals surface area contributed by atoms with E-state index in [4.69, 9.17) is 4.74 Å². The van der Waals surface area contributed by atoms with E-state index in [1.165, 1.54) is 12.1 Å². The molecular weight excluding hydrogens is 333 g/mol. The molecule has 4 nitrogen and oxygen atoms in total. The minimum Gasteiger partial charge on any atom is -0.484 e. The normalized spacial score (nSPS) is 11.0. The molecule has 1 amide bonds. The molecule has 2 aromatic carbocycles. The van der Waals surface area contributed by atoms with Gasteiger partial charge in [-0.05, 0) is 36.2 Å². The Morgan fingerprint density at radius 1 is 1.04 bits per heavy atom. The van der Waals surface area contributed by atoms with Crippen LogP contribution in [0.4, 0.5) is 24.5 Å². The van der Waals surface area contributed by atoms with Crippen LogP contribution >= 0.6 is 0 Å². The van der Waals surface area contributed by atoms with Crippen molar-refractivity contribution >= 4 is 17.3 Å². The second-order valence-corrected chi connectivity index (χ2v) is 5.35. The second kappa shape index (κ2) is 8.41. The number of carbonyl (C=O) groups excluding carboxylic acids is 1. The third-order valence-corrected chi connectivity index (χ3v) is 3.38. The molecule has 0 atom stereocenters. The van der Waals surface area contributed by atoms with Crippen LogP contribution < -0.4 is 15.4 Å². The number of ether oxygens (including phenoxy) is 1. The molecule has 0 radical (unpaired) electrons. The number of benzene rings is 2. The van der Waals surface area contributed by atoms with E-state index in [0.717, 1.165) is 12.0 Å². The predicted octanol–water partition coefficient (Wildman–Crippen LogP) is 4.24. The number of rotatable bonds is 7. The van der Waals surface area contributed by atoms with Crippen molar-refractivity contribution in [3.8, 4) is 5.75 Å². The van der Waals surface area contributed by atoms with Gasteiger partial charge in [0.15, 0.2) is 6.61 Å². The van der Waals surface area contributed by atoms with Gasteiger partial charge in [0.25, 0.3) is 5.91 Å². The lowest BCUT2D eigenvalue weighted by Crippen LogP contribution is -2.24. The van der Waals surface area contributed by atoms with Crippen LogP contribution in [-0.4, -0.2) is 25.2 Å². The molecule has 0 aliphatic rings. The number of aryl methyl sites for hydroxylation is 1. The zero-order valence-electron chi connectivity index (χ0n) is 13.7. The van der Waals surface area contributed by atoms with Crippen molar-refractivity contribution in [2.45, 2.75) is 19.5 Å². The summed E-state index contributed by atoms with van der Waals surface area (Å²) in [5.74, 6) is 0.0941. The van der Waals surface area contributed by atoms with Crippen LogP contribution in [0.3, 0.4) is 0 Å². The molecule has 2 aromatic rings. The van der Waals surface area contributed by atoms with Gasteiger partial charge in [-0.1, -0.05) is 31.2 Å². The van der Waals surface area contributed by atoms with Crippen molar-refractivity contribution < 1.29 is 22.7 Å². The minimum atomic E-state index is -4.34. The van der Waals surface area contributed by atoms with Gasteiger partial charge < -0.3 is 15.4 Å². The molecule has 0 saturated carbocycles. The van der Waals surface area contributed by atoms with Crippen LogP contribution in [0, 0.1) is 0 Å². The molecule has 2 rings (SSSR count). The van der Waals surface area contributed by atoms with Crippen LogP contribution in [0.5, 0.6) is 5.75 Å². The highest BCUT2D eigenvalue weighted by Gasteiger charge is 2.27. The molecule has 2 N–H and O–H groups in total. The number of anilines is 2. The van der Waals surface area contributed by atoms with Crippen molar-refractivity contribution in [3.05, 3.63) is 54.1 Å². The van der Waals surface area contributed by atoms with Gasteiger partial charge in [0.1, 0.15) is 12.3 Å². The minimum absolute atomic E-state index is 0.195. The maximum atomic E-state index is 12.3. The van der Waals surface area contributed by atoms with E-state index in [1.807, 2.05) is 19.1 Å². The Hall–Kier alpha value is -2.70. The summed E-state index contributed by atoms with van der Waals surface area (Å²) in [6.07, 6.45) is -3.44. The van der Waals surface area contributed by atoms with Gasteiger partial charge in [-0.15, -0.1) is 0 Å². The second-order valence-electron chi connectivity index (χ2n) is 5.35. The van der Waals surface area contributed by atoms with E-state index in [2.05, 4.69) is 10.6 Å². The third-order valence-electron chi connectivity index (χ3n) is 3.38. The van der Waals surface area contributed by atoms with Gasteiger partial charge in [0.2, 0.25) is 0 Å². The first-order valence-corrected chi connectivity index (χ1v) is 7.78. The fraction of sp³-hybridized carbons (Fsp3) is 0.278. The molecule has 134 valence electrons. The fourth-order valence-corrected chi connectivity index (χ4v) is 2.10. The largest absolute Gasteiger partial charge is 0.484 e. The van der Waals surface area contributed by atoms with Crippen molar-refractivity contribution in [1.29, 1.82) is 0 Å². The zero-order chi connectivity index (χ0) is 18.3. The monoisotopic (exact) mass is 352 g/mol. The topological polar surface area (TPSA) is 50.4 Å². The number of alkyl halides is 3. The maximum absolute atomic E-state index is 12.3. The Morgan fingerprint density at radius 2 is 1.68 bits per heavy atom. The highest BCUT2D eigenvalue weighted by molar-refractivity contribution is 5.95. The number of hydrogen-bond acceptors (Lipinski definition) is 3. The van der Waals surface area contributed by atoms with Crippen LogP contribution in [0.1, 0.15) is 12.5 Å². The van der Waals surface area contributed by atoms with E-state index in [0.29, 0.717) is 5.75 Å². The van der Waals surface area contributed by atoms with Crippen LogP contribution in [0.15, 0.2) is 48.5 Å². The molecule has 0 saturated heterocycles. The number of carbonyl (C=O) groups is 1. The fourth-order valence-electron chi connectivity index (χ4n) is 2.10. The first-order valence-electron chi connectivity index (χ1n) is 7.78. The smallest absolute Gasteiger partial charge is 0.405 e. The van der Waals surface area contributed by atoms with Crippen LogP contribution in [0.2, 0.25) is 0 Å². The summed E-state index contributed by atoms with van der Waals surface area (Å²) in [7, 11) is 0. The highest BCUT2D eigenvalue weighted by Crippen LogP contribution is 2.23. The lowest BCUT2D eigenvalue weighted by atomic mass is 10.2. The summed E-state index contributed by atoms with van der Waals surface area (Å²) < 4.78 is 42.4. The molecule has 0 fully saturated rings. The van der Waals surface area contributed by atoms with Crippen molar-refractivity contribution in [3.63, 3.8) is 0 Å². The van der Waals surface area contributed by atoms with Crippen molar-refractivity contribution in [2.24, 2.45) is 0 Å². The molecule has 0 heterocycles. The highest BCUT2D eigenvalue weighted by atomic mass is 19.4. The summed E-state index contributed by atoms with van der Waals surface area (Å²) in [6.45, 7) is 0.618. The number of para-hydroxylation sites is 2. The first kappa shape index (κ1) is 18.6. The van der Waals surface area contributed by atoms with Gasteiger partial charge >= 0.3 is 6.18 Å².